The van der Waals surface area contributed by atoms with Gasteiger partial charge in [0.05, 0.1) is 0 Å². The van der Waals surface area contributed by atoms with E-state index in [9.17, 15) is 0 Å². The molecule has 4 nitrogen and oxygen atoms in total. The summed E-state index contributed by atoms with van der Waals surface area (Å²) in [5, 5.41) is 8.24. The zero-order valence-electron chi connectivity index (χ0n) is 10.0. The van der Waals surface area contributed by atoms with Crippen LogP contribution in [0.25, 0.3) is 5.70 Å². The summed E-state index contributed by atoms with van der Waals surface area (Å²) in [6, 6.07) is 4.30. The van der Waals surface area contributed by atoms with Gasteiger partial charge in [0.1, 0.15) is 17.7 Å². The van der Waals surface area contributed by atoms with Gasteiger partial charge in [0.15, 0.2) is 0 Å². The van der Waals surface area contributed by atoms with Crippen LogP contribution in [0.4, 0.5) is 0 Å². The van der Waals surface area contributed by atoms with Crippen LogP contribution in [0.15, 0.2) is 38.0 Å². The Morgan fingerprint density at radius 2 is 1.59 bits per heavy atom. The Labute approximate surface area is 99.5 Å². The molecule has 17 heavy (non-hydrogen) atoms. The van der Waals surface area contributed by atoms with E-state index in [2.05, 4.69) is 53.1 Å². The number of aliphatic imine (C=N–C) groups is 2. The Hall–Kier alpha value is -2.10. The minimum absolute atomic E-state index is 0.624. The van der Waals surface area contributed by atoms with Gasteiger partial charge in [-0.1, -0.05) is 17.7 Å². The van der Waals surface area contributed by atoms with E-state index in [0.717, 1.165) is 17.0 Å². The van der Waals surface area contributed by atoms with Crippen LogP contribution in [0.5, 0.6) is 0 Å². The van der Waals surface area contributed by atoms with Crippen molar-refractivity contribution in [3.8, 4) is 0 Å². The molecule has 4 heteroatoms. The first-order valence-corrected chi connectivity index (χ1v) is 5.52. The summed E-state index contributed by atoms with van der Waals surface area (Å²) in [6.45, 7) is 6.27. The summed E-state index contributed by atoms with van der Waals surface area (Å²) in [6.07, 6.45) is 1.53. The van der Waals surface area contributed by atoms with Gasteiger partial charge in [-0.25, -0.2) is 9.98 Å². The lowest BCUT2D eigenvalue weighted by atomic mass is 9.97. The van der Waals surface area contributed by atoms with Gasteiger partial charge < -0.3 is 0 Å². The van der Waals surface area contributed by atoms with Gasteiger partial charge in [-0.2, -0.15) is 0 Å². The molecule has 1 aromatic rings. The Kier molecular flexibility index (Phi) is 2.04. The fourth-order valence-electron chi connectivity index (χ4n) is 2.37. The van der Waals surface area contributed by atoms with Crippen LogP contribution in [0.1, 0.15) is 22.3 Å². The standard InChI is InChI=1S/C13H12N4/c1-7-4-8(2)10(9(3)5-7)11-12-13(17-16-11)15-6-14-12/h4-6H,1-3H3. The van der Waals surface area contributed by atoms with E-state index in [4.69, 9.17) is 0 Å². The zero-order chi connectivity index (χ0) is 12.0. The first-order valence-electron chi connectivity index (χ1n) is 5.52. The molecule has 1 aromatic carbocycles. The van der Waals surface area contributed by atoms with E-state index in [1.807, 2.05) is 0 Å². The fraction of sp³-hybridized carbons (Fsp3) is 0.231. The molecule has 2 aliphatic rings. The van der Waals surface area contributed by atoms with E-state index in [-0.39, 0.29) is 0 Å². The molecule has 0 spiro atoms. The molecule has 0 unspecified atom stereocenters. The number of hydrogen-bond acceptors (Lipinski definition) is 4. The molecule has 84 valence electrons. The summed E-state index contributed by atoms with van der Waals surface area (Å²) in [5.41, 5.74) is 6.42. The molecular formula is C13H12N4. The predicted octanol–water partition coefficient (Wildman–Crippen LogP) is 3.19. The average Bonchev–Trinajstić information content (AvgIpc) is 2.80. The largest absolute Gasteiger partial charge is 0.230 e. The normalized spacial score (nSPS) is 16.8. The first kappa shape index (κ1) is 10.1. The van der Waals surface area contributed by atoms with Gasteiger partial charge >= 0.3 is 0 Å². The summed E-state index contributed by atoms with van der Waals surface area (Å²) in [4.78, 5) is 8.28. The molecule has 2 heterocycles. The smallest absolute Gasteiger partial charge is 0.204 e. The highest BCUT2D eigenvalue weighted by molar-refractivity contribution is 6.13. The summed E-state index contributed by atoms with van der Waals surface area (Å²) >= 11 is 0. The zero-order valence-corrected chi connectivity index (χ0v) is 10.0. The van der Waals surface area contributed by atoms with E-state index in [1.54, 1.807) is 0 Å². The van der Waals surface area contributed by atoms with Crippen LogP contribution in [-0.4, -0.2) is 12.2 Å². The van der Waals surface area contributed by atoms with Crippen LogP contribution < -0.4 is 0 Å². The maximum absolute atomic E-state index is 4.22. The molecule has 0 fully saturated rings. The third-order valence-electron chi connectivity index (χ3n) is 2.96. The summed E-state index contributed by atoms with van der Waals surface area (Å²) in [7, 11) is 0. The lowest BCUT2D eigenvalue weighted by Crippen LogP contribution is -1.95. The average molecular weight is 224 g/mol. The van der Waals surface area contributed by atoms with Crippen LogP contribution in [0.2, 0.25) is 0 Å². The number of nitrogens with zero attached hydrogens (tertiary/aromatic N) is 4. The molecule has 0 radical (unpaired) electrons. The van der Waals surface area contributed by atoms with Crippen molar-refractivity contribution in [2.45, 2.75) is 20.8 Å². The van der Waals surface area contributed by atoms with Crippen molar-refractivity contribution in [3.63, 3.8) is 0 Å². The van der Waals surface area contributed by atoms with Crippen LogP contribution in [0, 0.1) is 20.8 Å². The maximum atomic E-state index is 4.22. The van der Waals surface area contributed by atoms with Gasteiger partial charge in [-0.05, 0) is 31.9 Å². The molecule has 3 rings (SSSR count). The van der Waals surface area contributed by atoms with Crippen molar-refractivity contribution >= 4 is 17.9 Å². The maximum Gasteiger partial charge on any atom is 0.204 e. The Bertz CT molecular complexity index is 610. The van der Waals surface area contributed by atoms with E-state index in [1.165, 1.54) is 23.0 Å². The second-order valence-electron chi connectivity index (χ2n) is 4.37. The number of rotatable bonds is 1. The van der Waals surface area contributed by atoms with Crippen molar-refractivity contribution < 1.29 is 0 Å². The Balaban J connectivity index is 2.25. The van der Waals surface area contributed by atoms with Crippen LogP contribution in [0.3, 0.4) is 0 Å². The highest BCUT2D eigenvalue weighted by Crippen LogP contribution is 2.34. The van der Waals surface area contributed by atoms with Gasteiger partial charge in [-0.15, -0.1) is 10.2 Å². The van der Waals surface area contributed by atoms with Gasteiger partial charge in [0.25, 0.3) is 0 Å². The first-order chi connectivity index (χ1) is 8.16. The van der Waals surface area contributed by atoms with Crippen LogP contribution in [-0.2, 0) is 0 Å². The minimum atomic E-state index is 0.624. The van der Waals surface area contributed by atoms with Gasteiger partial charge in [-0.3, -0.25) is 0 Å². The number of fused-ring (bicyclic) bond motifs is 1. The lowest BCUT2D eigenvalue weighted by Gasteiger charge is -2.10. The number of aryl methyl sites for hydroxylation is 3. The van der Waals surface area contributed by atoms with Crippen LogP contribution >= 0.6 is 0 Å². The molecule has 0 aliphatic carbocycles. The molecule has 0 bridgehead atoms. The molecule has 0 N–H and O–H groups in total. The number of azo groups is 1. The minimum Gasteiger partial charge on any atom is -0.230 e. The molecule has 0 amide bonds. The fourth-order valence-corrected chi connectivity index (χ4v) is 2.37. The number of amidine groups is 1. The molecular weight excluding hydrogens is 212 g/mol. The summed E-state index contributed by atoms with van der Waals surface area (Å²) in [5.74, 6) is 0.624. The highest BCUT2D eigenvalue weighted by Gasteiger charge is 2.24. The monoisotopic (exact) mass is 224 g/mol. The molecule has 0 saturated carbocycles. The summed E-state index contributed by atoms with van der Waals surface area (Å²) < 4.78 is 0. The third-order valence-corrected chi connectivity index (χ3v) is 2.96. The van der Waals surface area contributed by atoms with Crippen molar-refractivity contribution in [1.82, 2.24) is 0 Å². The molecule has 0 atom stereocenters. The Morgan fingerprint density at radius 3 is 2.29 bits per heavy atom. The molecule has 0 aromatic heterocycles. The lowest BCUT2D eigenvalue weighted by molar-refractivity contribution is 1.24. The van der Waals surface area contributed by atoms with E-state index in [0.29, 0.717) is 5.84 Å². The number of hydrogen-bond donors (Lipinski definition) is 0. The topological polar surface area (TPSA) is 49.4 Å². The predicted molar refractivity (Wildman–Crippen MR) is 68.4 cm³/mol. The third kappa shape index (κ3) is 1.45. The van der Waals surface area contributed by atoms with E-state index < -0.39 is 0 Å². The van der Waals surface area contributed by atoms with E-state index >= 15 is 0 Å². The quantitative estimate of drug-likeness (QED) is 0.703. The second kappa shape index (κ2) is 3.45. The second-order valence-corrected chi connectivity index (χ2v) is 4.37. The van der Waals surface area contributed by atoms with Gasteiger partial charge in [0, 0.05) is 5.56 Å². The number of benzene rings is 1. The van der Waals surface area contributed by atoms with Crippen molar-refractivity contribution in [3.05, 3.63) is 40.1 Å². The van der Waals surface area contributed by atoms with Gasteiger partial charge in [0.2, 0.25) is 5.84 Å². The van der Waals surface area contributed by atoms with Crippen molar-refractivity contribution in [2.24, 2.45) is 20.2 Å². The Morgan fingerprint density at radius 1 is 0.882 bits per heavy atom. The highest BCUT2D eigenvalue weighted by atomic mass is 15.2. The molecule has 2 aliphatic heterocycles. The van der Waals surface area contributed by atoms with Crippen molar-refractivity contribution in [2.75, 3.05) is 0 Å². The SMILES string of the molecule is Cc1cc(C)c(C2=C3N=CN=C3N=N2)c(C)c1. The van der Waals surface area contributed by atoms with Crippen molar-refractivity contribution in [1.29, 1.82) is 0 Å². The molecule has 0 saturated heterocycles.